The first kappa shape index (κ1) is 28.3. The van der Waals surface area contributed by atoms with E-state index in [1.165, 1.54) is 12.1 Å². The number of hydrogen-bond donors (Lipinski definition) is 1. The largest absolute Gasteiger partial charge is 0.460 e. The minimum absolute atomic E-state index is 0.0391. The van der Waals surface area contributed by atoms with Gasteiger partial charge >= 0.3 is 35.8 Å². The van der Waals surface area contributed by atoms with Crippen molar-refractivity contribution in [1.29, 1.82) is 0 Å². The van der Waals surface area contributed by atoms with Crippen molar-refractivity contribution in [3.63, 3.8) is 0 Å². The van der Waals surface area contributed by atoms with Crippen LogP contribution in [0.5, 0.6) is 0 Å². The molecule has 0 amide bonds. The van der Waals surface area contributed by atoms with Crippen molar-refractivity contribution in [3.05, 3.63) is 35.4 Å². The van der Waals surface area contributed by atoms with Crippen molar-refractivity contribution >= 4 is 0 Å². The second-order valence-corrected chi connectivity index (χ2v) is 7.10. The highest BCUT2D eigenvalue weighted by atomic mass is 19.4. The molecule has 0 saturated carbocycles. The van der Waals surface area contributed by atoms with Gasteiger partial charge in [0.05, 0.1) is 12.0 Å². The van der Waals surface area contributed by atoms with Gasteiger partial charge in [-0.3, -0.25) is 0 Å². The summed E-state index contributed by atoms with van der Waals surface area (Å²) >= 11 is 0. The molecule has 0 radical (unpaired) electrons. The molecule has 1 aromatic carbocycles. The van der Waals surface area contributed by atoms with Gasteiger partial charge in [0.2, 0.25) is 0 Å². The molecule has 0 aliphatic rings. The lowest BCUT2D eigenvalue weighted by Crippen LogP contribution is -2.71. The van der Waals surface area contributed by atoms with E-state index in [1.54, 1.807) is 6.92 Å². The predicted molar refractivity (Wildman–Crippen MR) is 85.4 cm³/mol. The minimum Gasteiger partial charge on any atom is -0.388 e. The molecule has 0 heterocycles. The lowest BCUT2D eigenvalue weighted by atomic mass is 9.82. The Bertz CT molecular complexity index is 785. The van der Waals surface area contributed by atoms with E-state index in [2.05, 4.69) is 0 Å². The average Bonchev–Trinajstić information content (AvgIpc) is 2.66. The Balaban J connectivity index is 3.51. The average molecular weight is 496 g/mol. The third-order valence-corrected chi connectivity index (χ3v) is 4.90. The molecule has 1 rings (SSSR count). The van der Waals surface area contributed by atoms with Crippen molar-refractivity contribution in [2.24, 2.45) is 5.92 Å². The molecule has 186 valence electrons. The van der Waals surface area contributed by atoms with E-state index < -0.39 is 53.4 Å². The molecule has 0 aliphatic heterocycles. The van der Waals surface area contributed by atoms with Crippen LogP contribution in [0.15, 0.2) is 24.3 Å². The first-order valence-corrected chi connectivity index (χ1v) is 8.84. The van der Waals surface area contributed by atoms with Crippen molar-refractivity contribution in [2.45, 2.75) is 68.6 Å². The van der Waals surface area contributed by atoms with Gasteiger partial charge in [0, 0.05) is 0 Å². The molecule has 0 fully saturated rings. The first-order chi connectivity index (χ1) is 14.1. The second-order valence-electron chi connectivity index (χ2n) is 7.10. The summed E-state index contributed by atoms with van der Waals surface area (Å²) in [5.41, 5.74) is -0.359. The molecule has 1 nitrogen and oxygen atoms in total. The van der Waals surface area contributed by atoms with E-state index >= 15 is 0 Å². The maximum absolute atomic E-state index is 14.3. The van der Waals surface area contributed by atoms with Gasteiger partial charge in [0.25, 0.3) is 0 Å². The number of halogens is 13. The summed E-state index contributed by atoms with van der Waals surface area (Å²) in [7, 11) is 0. The highest BCUT2D eigenvalue weighted by Gasteiger charge is 2.91. The molecule has 0 aliphatic carbocycles. The Morgan fingerprint density at radius 2 is 1.16 bits per heavy atom. The van der Waals surface area contributed by atoms with E-state index in [4.69, 9.17) is 0 Å². The number of aliphatic hydroxyl groups excluding tert-OH is 1. The van der Waals surface area contributed by atoms with Crippen molar-refractivity contribution in [2.75, 3.05) is 0 Å². The molecule has 2 atom stereocenters. The fraction of sp³-hybridized carbons (Fsp3) is 0.667. The maximum atomic E-state index is 14.3. The third kappa shape index (κ3) is 4.14. The molecule has 0 saturated heterocycles. The van der Waals surface area contributed by atoms with Crippen LogP contribution in [0, 0.1) is 5.92 Å². The van der Waals surface area contributed by atoms with Crippen LogP contribution in [0.4, 0.5) is 57.1 Å². The van der Waals surface area contributed by atoms with Gasteiger partial charge in [-0.25, -0.2) is 0 Å². The fourth-order valence-corrected chi connectivity index (χ4v) is 2.85. The van der Waals surface area contributed by atoms with Crippen molar-refractivity contribution in [1.82, 2.24) is 0 Å². The summed E-state index contributed by atoms with van der Waals surface area (Å²) in [5.74, 6) is -40.7. The third-order valence-electron chi connectivity index (χ3n) is 4.90. The molecule has 0 aromatic heterocycles. The Morgan fingerprint density at radius 1 is 0.719 bits per heavy atom. The molecule has 14 heteroatoms. The highest BCUT2D eigenvalue weighted by Crippen LogP contribution is 2.62. The van der Waals surface area contributed by atoms with Gasteiger partial charge in [-0.2, -0.15) is 57.1 Å². The minimum atomic E-state index is -7.96. The standard InChI is InChI=1S/C18H17F13O/c1-3-6-10-7-4-5-8-11(10)12(32)9(2)13(19,20)14(21,22)15(23,24)16(25,26)17(27,28)18(29,30)31/h4-5,7-9,12,32H,3,6H2,1-2H3. The van der Waals surface area contributed by atoms with Gasteiger partial charge in [-0.05, 0) is 17.5 Å². The monoisotopic (exact) mass is 496 g/mol. The zero-order valence-electron chi connectivity index (χ0n) is 16.2. The normalized spacial score (nSPS) is 16.8. The van der Waals surface area contributed by atoms with Crippen molar-refractivity contribution < 1.29 is 62.2 Å². The predicted octanol–water partition coefficient (Wildman–Crippen LogP) is 7.05. The van der Waals surface area contributed by atoms with Gasteiger partial charge in [0.1, 0.15) is 0 Å². The van der Waals surface area contributed by atoms with Crippen LogP contribution in [0.1, 0.15) is 37.5 Å². The topological polar surface area (TPSA) is 20.2 Å². The van der Waals surface area contributed by atoms with E-state index in [1.807, 2.05) is 0 Å². The summed E-state index contributed by atoms with van der Waals surface area (Å²) in [6.07, 6.45) is -9.71. The highest BCUT2D eigenvalue weighted by molar-refractivity contribution is 5.30. The zero-order chi connectivity index (χ0) is 25.6. The van der Waals surface area contributed by atoms with Crippen LogP contribution in [-0.4, -0.2) is 40.9 Å². The van der Waals surface area contributed by atoms with Crippen LogP contribution in [0.2, 0.25) is 0 Å². The van der Waals surface area contributed by atoms with Gasteiger partial charge in [-0.15, -0.1) is 0 Å². The zero-order valence-corrected chi connectivity index (χ0v) is 16.2. The van der Waals surface area contributed by atoms with Crippen LogP contribution in [-0.2, 0) is 6.42 Å². The van der Waals surface area contributed by atoms with Crippen LogP contribution >= 0.6 is 0 Å². The van der Waals surface area contributed by atoms with Crippen LogP contribution in [0.25, 0.3) is 0 Å². The van der Waals surface area contributed by atoms with Gasteiger partial charge in [-0.1, -0.05) is 44.5 Å². The fourth-order valence-electron chi connectivity index (χ4n) is 2.85. The van der Waals surface area contributed by atoms with E-state index in [9.17, 15) is 62.2 Å². The maximum Gasteiger partial charge on any atom is 0.460 e. The Morgan fingerprint density at radius 3 is 1.59 bits per heavy atom. The first-order valence-electron chi connectivity index (χ1n) is 8.84. The smallest absolute Gasteiger partial charge is 0.388 e. The number of hydrogen-bond acceptors (Lipinski definition) is 1. The molecule has 1 N–H and O–H groups in total. The van der Waals surface area contributed by atoms with E-state index in [0.717, 1.165) is 12.1 Å². The lowest BCUT2D eigenvalue weighted by molar-refractivity contribution is -0.444. The van der Waals surface area contributed by atoms with Crippen LogP contribution < -0.4 is 0 Å². The Labute approximate surface area is 173 Å². The summed E-state index contributed by atoms with van der Waals surface area (Å²) in [6.45, 7) is 1.64. The summed E-state index contributed by atoms with van der Waals surface area (Å²) in [6, 6.07) is 4.71. The van der Waals surface area contributed by atoms with E-state index in [-0.39, 0.29) is 18.9 Å². The molecule has 32 heavy (non-hydrogen) atoms. The number of benzene rings is 1. The number of aryl methyl sites for hydroxylation is 1. The SMILES string of the molecule is CCCc1ccccc1C(O)C(C)C(F)(F)C(F)(F)C(F)(F)C(F)(F)C(F)(F)C(F)(F)F. The summed E-state index contributed by atoms with van der Waals surface area (Å²) < 4.78 is 173. The molecule has 0 spiro atoms. The quantitative estimate of drug-likeness (QED) is 0.364. The number of aliphatic hydroxyl groups is 1. The van der Waals surface area contributed by atoms with Crippen molar-refractivity contribution in [3.8, 4) is 0 Å². The Kier molecular flexibility index (Phi) is 7.57. The number of rotatable bonds is 9. The lowest BCUT2D eigenvalue weighted by Gasteiger charge is -2.42. The molecule has 2 unspecified atom stereocenters. The summed E-state index contributed by atoms with van der Waals surface area (Å²) in [5, 5.41) is 10.1. The van der Waals surface area contributed by atoms with Crippen LogP contribution in [0.3, 0.4) is 0 Å². The van der Waals surface area contributed by atoms with E-state index in [0.29, 0.717) is 6.42 Å². The second kappa shape index (κ2) is 8.56. The number of alkyl halides is 13. The molecular weight excluding hydrogens is 479 g/mol. The summed E-state index contributed by atoms with van der Waals surface area (Å²) in [4.78, 5) is 0. The van der Waals surface area contributed by atoms with Gasteiger partial charge in [0.15, 0.2) is 0 Å². The Hall–Kier alpha value is -1.73. The molecule has 1 aromatic rings. The van der Waals surface area contributed by atoms with Gasteiger partial charge < -0.3 is 5.11 Å². The molecule has 0 bridgehead atoms. The molecular formula is C18H17F13O.